The maximum atomic E-state index is 12.9. The summed E-state index contributed by atoms with van der Waals surface area (Å²) in [4.78, 5) is 39.4. The van der Waals surface area contributed by atoms with Crippen LogP contribution in [-0.2, 0) is 36.8 Å². The minimum atomic E-state index is -0.505. The number of rotatable bonds is 13. The first-order chi connectivity index (χ1) is 21.7. The van der Waals surface area contributed by atoms with Crippen LogP contribution in [0.3, 0.4) is 0 Å². The molecule has 2 aliphatic heterocycles. The Morgan fingerprint density at radius 2 is 1.82 bits per heavy atom. The third kappa shape index (κ3) is 9.03. The molecule has 2 heterocycles. The highest BCUT2D eigenvalue weighted by Gasteiger charge is 2.33. The Morgan fingerprint density at radius 1 is 1.09 bits per heavy atom. The van der Waals surface area contributed by atoms with Crippen LogP contribution >= 0.6 is 12.2 Å². The maximum absolute atomic E-state index is 12.9. The van der Waals surface area contributed by atoms with Gasteiger partial charge in [-0.25, -0.2) is 9.59 Å². The molecule has 2 aromatic rings. The highest BCUT2D eigenvalue weighted by molar-refractivity contribution is 7.80. The summed E-state index contributed by atoms with van der Waals surface area (Å²) < 4.78 is 33.1. The number of benzene rings is 2. The molecule has 0 atom stereocenters. The molecule has 0 saturated carbocycles. The zero-order chi connectivity index (χ0) is 32.3. The molecule has 1 fully saturated rings. The number of esters is 3. The van der Waals surface area contributed by atoms with E-state index in [0.717, 1.165) is 24.2 Å². The lowest BCUT2D eigenvalue weighted by molar-refractivity contribution is -0.144. The minimum Gasteiger partial charge on any atom is -0.496 e. The van der Waals surface area contributed by atoms with Crippen molar-refractivity contribution in [3.8, 4) is 11.5 Å². The van der Waals surface area contributed by atoms with Crippen LogP contribution in [0.1, 0.15) is 64.1 Å². The molecule has 45 heavy (non-hydrogen) atoms. The Labute approximate surface area is 268 Å². The van der Waals surface area contributed by atoms with Crippen molar-refractivity contribution in [1.29, 1.82) is 0 Å². The SMILES string of the molecule is CCOC(=O)c1ccc(NC(=S)Oc2c(C/C=C(\C)CCC(=O)OCCN3CCOCC3)c(OC)c(C)c3c2C(=O)OC3)cc1. The number of nitrogens with zero attached hydrogens (tertiary/aromatic N) is 1. The van der Waals surface area contributed by atoms with E-state index < -0.39 is 11.9 Å². The molecule has 1 saturated heterocycles. The third-order valence-corrected chi connectivity index (χ3v) is 7.80. The number of nitrogens with one attached hydrogen (secondary N) is 1. The smallest absolute Gasteiger partial charge is 0.342 e. The number of morpholine rings is 1. The van der Waals surface area contributed by atoms with Gasteiger partial charge in [-0.15, -0.1) is 0 Å². The van der Waals surface area contributed by atoms with Gasteiger partial charge in [0.2, 0.25) is 0 Å². The quantitative estimate of drug-likeness (QED) is 0.140. The number of thiocarbonyl (C=S) groups is 1. The van der Waals surface area contributed by atoms with Crippen molar-refractivity contribution in [3.05, 3.63) is 63.7 Å². The minimum absolute atomic E-state index is 0.00605. The van der Waals surface area contributed by atoms with Gasteiger partial charge in [-0.2, -0.15) is 0 Å². The maximum Gasteiger partial charge on any atom is 0.342 e. The lowest BCUT2D eigenvalue weighted by Crippen LogP contribution is -2.38. The number of hydrogen-bond donors (Lipinski definition) is 1. The van der Waals surface area contributed by atoms with E-state index in [-0.39, 0.29) is 36.5 Å². The lowest BCUT2D eigenvalue weighted by Gasteiger charge is -2.26. The molecule has 12 heteroatoms. The van der Waals surface area contributed by atoms with Crippen molar-refractivity contribution in [2.24, 2.45) is 0 Å². The Bertz CT molecular complexity index is 1430. The van der Waals surface area contributed by atoms with E-state index in [1.165, 1.54) is 0 Å². The van der Waals surface area contributed by atoms with Gasteiger partial charge in [0.1, 0.15) is 24.5 Å². The van der Waals surface area contributed by atoms with Crippen LogP contribution in [-0.4, -0.2) is 81.2 Å². The lowest BCUT2D eigenvalue weighted by atomic mass is 9.94. The van der Waals surface area contributed by atoms with Gasteiger partial charge in [-0.3, -0.25) is 9.69 Å². The van der Waals surface area contributed by atoms with Crippen molar-refractivity contribution < 1.29 is 42.8 Å². The summed E-state index contributed by atoms with van der Waals surface area (Å²) in [5, 5.41) is 2.99. The molecule has 1 N–H and O–H groups in total. The predicted molar refractivity (Wildman–Crippen MR) is 171 cm³/mol. The van der Waals surface area contributed by atoms with E-state index in [2.05, 4.69) is 10.2 Å². The molecule has 242 valence electrons. The molecule has 11 nitrogen and oxygen atoms in total. The van der Waals surface area contributed by atoms with E-state index in [0.29, 0.717) is 72.9 Å². The van der Waals surface area contributed by atoms with Crippen molar-refractivity contribution in [2.45, 2.75) is 46.6 Å². The van der Waals surface area contributed by atoms with Crippen LogP contribution in [0, 0.1) is 6.92 Å². The second kappa shape index (κ2) is 16.4. The molecule has 2 aromatic carbocycles. The van der Waals surface area contributed by atoms with Gasteiger partial charge in [0.15, 0.2) is 5.75 Å². The van der Waals surface area contributed by atoms with E-state index in [4.69, 9.17) is 40.6 Å². The van der Waals surface area contributed by atoms with E-state index in [1.54, 1.807) is 38.3 Å². The number of anilines is 1. The fourth-order valence-corrected chi connectivity index (χ4v) is 5.33. The van der Waals surface area contributed by atoms with Gasteiger partial charge in [0.05, 0.1) is 32.5 Å². The van der Waals surface area contributed by atoms with Gasteiger partial charge < -0.3 is 33.7 Å². The topological polar surface area (TPSA) is 122 Å². The van der Waals surface area contributed by atoms with E-state index in [1.807, 2.05) is 19.9 Å². The zero-order valence-corrected chi connectivity index (χ0v) is 27.0. The van der Waals surface area contributed by atoms with Crippen molar-refractivity contribution >= 4 is 41.0 Å². The number of methoxy groups -OCH3 is 1. The first kappa shape index (κ1) is 33.9. The molecule has 0 bridgehead atoms. The summed E-state index contributed by atoms with van der Waals surface area (Å²) in [6.45, 7) is 10.1. The summed E-state index contributed by atoms with van der Waals surface area (Å²) in [7, 11) is 1.56. The summed E-state index contributed by atoms with van der Waals surface area (Å²) in [6, 6.07) is 6.59. The fourth-order valence-electron chi connectivity index (χ4n) is 5.13. The van der Waals surface area contributed by atoms with Crippen molar-refractivity contribution in [2.75, 3.05) is 58.5 Å². The first-order valence-corrected chi connectivity index (χ1v) is 15.4. The molecule has 0 spiro atoms. The van der Waals surface area contributed by atoms with Crippen LogP contribution in [0.4, 0.5) is 5.69 Å². The van der Waals surface area contributed by atoms with Crippen LogP contribution in [0.2, 0.25) is 0 Å². The van der Waals surface area contributed by atoms with Crippen LogP contribution in [0.25, 0.3) is 0 Å². The number of fused-ring (bicyclic) bond motifs is 1. The molecule has 0 amide bonds. The van der Waals surface area contributed by atoms with Crippen molar-refractivity contribution in [3.63, 3.8) is 0 Å². The molecule has 0 radical (unpaired) electrons. The van der Waals surface area contributed by atoms with Crippen LogP contribution in [0.5, 0.6) is 11.5 Å². The number of ether oxygens (including phenoxy) is 6. The van der Waals surface area contributed by atoms with Crippen LogP contribution in [0.15, 0.2) is 35.9 Å². The number of allylic oxidation sites excluding steroid dienone is 2. The molecule has 0 aliphatic carbocycles. The monoisotopic (exact) mass is 640 g/mol. The Morgan fingerprint density at radius 3 is 2.51 bits per heavy atom. The fraction of sp³-hybridized carbons (Fsp3) is 0.455. The third-order valence-electron chi connectivity index (χ3n) is 7.62. The van der Waals surface area contributed by atoms with Gasteiger partial charge in [-0.1, -0.05) is 11.6 Å². The molecular weight excluding hydrogens is 600 g/mol. The van der Waals surface area contributed by atoms with E-state index in [9.17, 15) is 14.4 Å². The number of cyclic esters (lactones) is 1. The zero-order valence-electron chi connectivity index (χ0n) is 26.2. The summed E-state index contributed by atoms with van der Waals surface area (Å²) in [5.41, 5.74) is 4.35. The highest BCUT2D eigenvalue weighted by atomic mass is 32.1. The number of carbonyl (C=O) groups is 3. The molecule has 0 aromatic heterocycles. The second-order valence-corrected chi connectivity index (χ2v) is 11.0. The average molecular weight is 641 g/mol. The summed E-state index contributed by atoms with van der Waals surface area (Å²) >= 11 is 5.51. The first-order valence-electron chi connectivity index (χ1n) is 15.0. The molecule has 2 aliphatic rings. The molecular formula is C33H40N2O9S. The Hall–Kier alpha value is -4.00. The average Bonchev–Trinajstić information content (AvgIpc) is 3.43. The normalized spacial score (nSPS) is 14.8. The van der Waals surface area contributed by atoms with Gasteiger partial charge in [-0.05, 0) is 75.7 Å². The van der Waals surface area contributed by atoms with Gasteiger partial charge >= 0.3 is 17.9 Å². The molecule has 0 unspecified atom stereocenters. The Kier molecular flexibility index (Phi) is 12.3. The van der Waals surface area contributed by atoms with Crippen LogP contribution < -0.4 is 14.8 Å². The standard InChI is InChI=1S/C33H40N2O9S/c1-5-41-31(37)23-8-10-24(11-9-23)34-33(45)44-30-25(29(39-4)22(3)26-20-43-32(38)28(26)30)12-6-21(2)7-13-27(36)42-19-16-35-14-17-40-18-15-35/h6,8-11H,5,7,12-20H2,1-4H3,(H,34,45)/b21-6+. The Balaban J connectivity index is 1.45. The van der Waals surface area contributed by atoms with Gasteiger partial charge in [0, 0.05) is 42.9 Å². The summed E-state index contributed by atoms with van der Waals surface area (Å²) in [5.74, 6) is -0.357. The summed E-state index contributed by atoms with van der Waals surface area (Å²) in [6.07, 6.45) is 3.10. The van der Waals surface area contributed by atoms with Gasteiger partial charge in [0.25, 0.3) is 5.17 Å². The largest absolute Gasteiger partial charge is 0.496 e. The predicted octanol–water partition coefficient (Wildman–Crippen LogP) is 4.77. The number of hydrogen-bond acceptors (Lipinski definition) is 11. The second-order valence-electron chi connectivity index (χ2n) is 10.6. The molecule has 4 rings (SSSR count). The number of carbonyl (C=O) groups excluding carboxylic acids is 3. The highest BCUT2D eigenvalue weighted by Crippen LogP contribution is 2.43. The van der Waals surface area contributed by atoms with Crippen molar-refractivity contribution in [1.82, 2.24) is 4.90 Å². The van der Waals surface area contributed by atoms with E-state index >= 15 is 0 Å².